The molecule has 1 amide bonds. The van der Waals surface area contributed by atoms with Crippen molar-refractivity contribution < 1.29 is 4.79 Å². The van der Waals surface area contributed by atoms with Gasteiger partial charge in [0.05, 0.1) is 6.54 Å². The predicted octanol–water partition coefficient (Wildman–Crippen LogP) is 1.68. The van der Waals surface area contributed by atoms with Crippen LogP contribution in [-0.2, 0) is 4.79 Å². The van der Waals surface area contributed by atoms with Gasteiger partial charge in [0.1, 0.15) is 0 Å². The van der Waals surface area contributed by atoms with Gasteiger partial charge in [-0.15, -0.1) is 0 Å². The number of carbonyl (C=O) groups is 1. The predicted molar refractivity (Wildman–Crippen MR) is 80.4 cm³/mol. The summed E-state index contributed by atoms with van der Waals surface area (Å²) >= 11 is 0. The van der Waals surface area contributed by atoms with Crippen molar-refractivity contribution in [2.45, 2.75) is 26.7 Å². The minimum Gasteiger partial charge on any atom is -0.362 e. The zero-order valence-corrected chi connectivity index (χ0v) is 12.0. The van der Waals surface area contributed by atoms with E-state index in [0.29, 0.717) is 13.1 Å². The van der Waals surface area contributed by atoms with Crippen molar-refractivity contribution in [1.29, 1.82) is 0 Å². The first-order chi connectivity index (χ1) is 9.17. The molecule has 106 valence electrons. The molecule has 1 aromatic rings. The van der Waals surface area contributed by atoms with Gasteiger partial charge < -0.3 is 16.0 Å². The lowest BCUT2D eigenvalue weighted by atomic mass is 10.2. The molecule has 0 atom stereocenters. The van der Waals surface area contributed by atoms with Crippen LogP contribution in [0.1, 0.15) is 25.3 Å². The standard InChI is InChI=1S/C15H25N3O/c1-3-10-17-15(19)12-18(11-4-9-16)14-7-5-13(2)6-8-14/h5-8H,3-4,9-12,16H2,1-2H3,(H,17,19). The Morgan fingerprint density at radius 3 is 2.58 bits per heavy atom. The first-order valence-corrected chi connectivity index (χ1v) is 6.95. The maximum absolute atomic E-state index is 11.8. The Bertz CT molecular complexity index is 375. The molecule has 1 rings (SSSR count). The number of carbonyl (C=O) groups excluding carboxylic acids is 1. The number of amides is 1. The highest BCUT2D eigenvalue weighted by atomic mass is 16.2. The Hall–Kier alpha value is -1.55. The van der Waals surface area contributed by atoms with Crippen LogP contribution in [0.2, 0.25) is 0 Å². The third-order valence-corrected chi connectivity index (χ3v) is 2.94. The molecule has 3 N–H and O–H groups in total. The number of anilines is 1. The van der Waals surface area contributed by atoms with Crippen LogP contribution in [0.25, 0.3) is 0 Å². The van der Waals surface area contributed by atoms with Crippen molar-refractivity contribution in [3.8, 4) is 0 Å². The van der Waals surface area contributed by atoms with Crippen LogP contribution in [0.3, 0.4) is 0 Å². The highest BCUT2D eigenvalue weighted by molar-refractivity contribution is 5.81. The van der Waals surface area contributed by atoms with Gasteiger partial charge in [0.2, 0.25) is 5.91 Å². The summed E-state index contributed by atoms with van der Waals surface area (Å²) in [5.41, 5.74) is 7.86. The summed E-state index contributed by atoms with van der Waals surface area (Å²) in [6, 6.07) is 8.24. The number of aryl methyl sites for hydroxylation is 1. The van der Waals surface area contributed by atoms with E-state index in [2.05, 4.69) is 41.4 Å². The van der Waals surface area contributed by atoms with E-state index in [0.717, 1.165) is 31.6 Å². The third-order valence-electron chi connectivity index (χ3n) is 2.94. The summed E-state index contributed by atoms with van der Waals surface area (Å²) in [4.78, 5) is 13.9. The second-order valence-corrected chi connectivity index (χ2v) is 4.75. The average Bonchev–Trinajstić information content (AvgIpc) is 2.42. The molecule has 0 radical (unpaired) electrons. The molecule has 1 aromatic carbocycles. The number of benzene rings is 1. The first kappa shape index (κ1) is 15.5. The molecule has 0 bridgehead atoms. The van der Waals surface area contributed by atoms with Crippen molar-refractivity contribution in [3.05, 3.63) is 29.8 Å². The molecule has 0 aliphatic heterocycles. The van der Waals surface area contributed by atoms with E-state index in [-0.39, 0.29) is 5.91 Å². The molecule has 0 fully saturated rings. The molecule has 0 heterocycles. The normalized spacial score (nSPS) is 10.3. The smallest absolute Gasteiger partial charge is 0.239 e. The summed E-state index contributed by atoms with van der Waals surface area (Å²) in [5, 5.41) is 2.91. The number of hydrogen-bond donors (Lipinski definition) is 2. The SMILES string of the molecule is CCCNC(=O)CN(CCCN)c1ccc(C)cc1. The largest absolute Gasteiger partial charge is 0.362 e. The zero-order valence-electron chi connectivity index (χ0n) is 12.0. The van der Waals surface area contributed by atoms with Gasteiger partial charge in [-0.05, 0) is 38.4 Å². The van der Waals surface area contributed by atoms with E-state index in [1.807, 2.05) is 6.92 Å². The summed E-state index contributed by atoms with van der Waals surface area (Å²) in [5.74, 6) is 0.0689. The van der Waals surface area contributed by atoms with Gasteiger partial charge in [-0.25, -0.2) is 0 Å². The Morgan fingerprint density at radius 1 is 1.32 bits per heavy atom. The lowest BCUT2D eigenvalue weighted by Gasteiger charge is -2.24. The fourth-order valence-corrected chi connectivity index (χ4v) is 1.83. The van der Waals surface area contributed by atoms with Gasteiger partial charge in [-0.2, -0.15) is 0 Å². The number of nitrogens with zero attached hydrogens (tertiary/aromatic N) is 1. The number of nitrogens with one attached hydrogen (secondary N) is 1. The maximum Gasteiger partial charge on any atom is 0.239 e. The van der Waals surface area contributed by atoms with Gasteiger partial charge in [0.15, 0.2) is 0 Å². The molecule has 0 aliphatic carbocycles. The maximum atomic E-state index is 11.8. The second-order valence-electron chi connectivity index (χ2n) is 4.75. The van der Waals surface area contributed by atoms with E-state index in [1.54, 1.807) is 0 Å². The molecule has 0 saturated carbocycles. The molecule has 4 heteroatoms. The molecule has 0 aliphatic rings. The minimum absolute atomic E-state index is 0.0689. The number of hydrogen-bond acceptors (Lipinski definition) is 3. The van der Waals surface area contributed by atoms with Crippen LogP contribution >= 0.6 is 0 Å². The molecular formula is C15H25N3O. The Labute approximate surface area is 116 Å². The summed E-state index contributed by atoms with van der Waals surface area (Å²) in [6.45, 7) is 6.67. The molecule has 0 aromatic heterocycles. The lowest BCUT2D eigenvalue weighted by molar-refractivity contribution is -0.119. The fourth-order valence-electron chi connectivity index (χ4n) is 1.83. The second kappa shape index (κ2) is 8.53. The first-order valence-electron chi connectivity index (χ1n) is 6.95. The monoisotopic (exact) mass is 263 g/mol. The molecular weight excluding hydrogens is 238 g/mol. The van der Waals surface area contributed by atoms with Gasteiger partial charge >= 0.3 is 0 Å². The van der Waals surface area contributed by atoms with Crippen molar-refractivity contribution in [2.24, 2.45) is 5.73 Å². The van der Waals surface area contributed by atoms with Crippen LogP contribution in [0.4, 0.5) is 5.69 Å². The van der Waals surface area contributed by atoms with Gasteiger partial charge in [-0.1, -0.05) is 24.6 Å². The molecule has 0 unspecified atom stereocenters. The minimum atomic E-state index is 0.0689. The van der Waals surface area contributed by atoms with E-state index in [4.69, 9.17) is 5.73 Å². The van der Waals surface area contributed by atoms with E-state index in [1.165, 1.54) is 5.56 Å². The molecule has 19 heavy (non-hydrogen) atoms. The molecule has 4 nitrogen and oxygen atoms in total. The molecule has 0 spiro atoms. The Balaban J connectivity index is 2.65. The average molecular weight is 263 g/mol. The highest BCUT2D eigenvalue weighted by Gasteiger charge is 2.10. The lowest BCUT2D eigenvalue weighted by Crippen LogP contribution is -2.38. The van der Waals surface area contributed by atoms with Crippen LogP contribution in [-0.4, -0.2) is 32.1 Å². The summed E-state index contributed by atoms with van der Waals surface area (Å²) < 4.78 is 0. The number of rotatable bonds is 8. The van der Waals surface area contributed by atoms with Gasteiger partial charge in [0.25, 0.3) is 0 Å². The van der Waals surface area contributed by atoms with Crippen molar-refractivity contribution in [2.75, 3.05) is 31.1 Å². The van der Waals surface area contributed by atoms with Gasteiger partial charge in [0, 0.05) is 18.8 Å². The highest BCUT2D eigenvalue weighted by Crippen LogP contribution is 2.15. The quantitative estimate of drug-likeness (QED) is 0.750. The van der Waals surface area contributed by atoms with Crippen LogP contribution in [0.5, 0.6) is 0 Å². The van der Waals surface area contributed by atoms with Crippen molar-refractivity contribution in [1.82, 2.24) is 5.32 Å². The molecule has 0 saturated heterocycles. The number of nitrogens with two attached hydrogens (primary N) is 1. The van der Waals surface area contributed by atoms with Crippen LogP contribution < -0.4 is 16.0 Å². The van der Waals surface area contributed by atoms with Crippen molar-refractivity contribution >= 4 is 11.6 Å². The fraction of sp³-hybridized carbons (Fsp3) is 0.533. The third kappa shape index (κ3) is 5.75. The van der Waals surface area contributed by atoms with Crippen LogP contribution in [0.15, 0.2) is 24.3 Å². The summed E-state index contributed by atoms with van der Waals surface area (Å²) in [6.07, 6.45) is 1.84. The van der Waals surface area contributed by atoms with Crippen molar-refractivity contribution in [3.63, 3.8) is 0 Å². The van der Waals surface area contributed by atoms with Gasteiger partial charge in [-0.3, -0.25) is 4.79 Å². The van der Waals surface area contributed by atoms with E-state index >= 15 is 0 Å². The van der Waals surface area contributed by atoms with E-state index in [9.17, 15) is 4.79 Å². The Kier molecular flexibility index (Phi) is 6.97. The Morgan fingerprint density at radius 2 is 2.00 bits per heavy atom. The summed E-state index contributed by atoms with van der Waals surface area (Å²) in [7, 11) is 0. The van der Waals surface area contributed by atoms with Crippen LogP contribution in [0, 0.1) is 6.92 Å². The zero-order chi connectivity index (χ0) is 14.1. The topological polar surface area (TPSA) is 58.4 Å². The van der Waals surface area contributed by atoms with E-state index < -0.39 is 0 Å².